The Morgan fingerprint density at radius 3 is 3.00 bits per heavy atom. The molecule has 0 aliphatic carbocycles. The van der Waals surface area contributed by atoms with Gasteiger partial charge in [-0.25, -0.2) is 0 Å². The van der Waals surface area contributed by atoms with Crippen LogP contribution >= 0.6 is 0 Å². The molecule has 0 unspecified atom stereocenters. The van der Waals surface area contributed by atoms with Crippen LogP contribution in [0.15, 0.2) is 18.2 Å². The fraction of sp³-hybridized carbons (Fsp3) is 0.417. The van der Waals surface area contributed by atoms with Gasteiger partial charge in [0.1, 0.15) is 0 Å². The first kappa shape index (κ1) is 11.0. The molecule has 4 heteroatoms. The van der Waals surface area contributed by atoms with E-state index in [1.807, 2.05) is 12.1 Å². The van der Waals surface area contributed by atoms with Crippen LogP contribution in [0.2, 0.25) is 0 Å². The molecule has 0 aromatic heterocycles. The van der Waals surface area contributed by atoms with Crippen LogP contribution in [-0.4, -0.2) is 25.5 Å². The van der Waals surface area contributed by atoms with Gasteiger partial charge in [-0.1, -0.05) is 12.1 Å². The molecule has 1 aliphatic rings. The Hall–Kier alpha value is -1.55. The summed E-state index contributed by atoms with van der Waals surface area (Å²) in [5, 5.41) is 6.46. The van der Waals surface area contributed by atoms with E-state index >= 15 is 0 Å². The van der Waals surface area contributed by atoms with Crippen LogP contribution in [0.1, 0.15) is 11.1 Å². The van der Waals surface area contributed by atoms with Crippen LogP contribution < -0.4 is 16.4 Å². The molecule has 1 heterocycles. The fourth-order valence-electron chi connectivity index (χ4n) is 2.07. The largest absolute Gasteiger partial charge is 0.376 e. The summed E-state index contributed by atoms with van der Waals surface area (Å²) < 4.78 is 0. The molecule has 4 nitrogen and oxygen atoms in total. The number of hydrogen-bond donors (Lipinski definition) is 3. The lowest BCUT2D eigenvalue weighted by Gasteiger charge is -2.12. The lowest BCUT2D eigenvalue weighted by atomic mass is 10.0. The zero-order chi connectivity index (χ0) is 11.4. The zero-order valence-corrected chi connectivity index (χ0v) is 9.25. The highest BCUT2D eigenvalue weighted by atomic mass is 16.1. The summed E-state index contributed by atoms with van der Waals surface area (Å²) in [6.07, 6.45) is 2.04. The number of hydrogen-bond acceptors (Lipinski definition) is 3. The van der Waals surface area contributed by atoms with Crippen molar-refractivity contribution in [3.63, 3.8) is 0 Å². The Kier molecular flexibility index (Phi) is 3.41. The van der Waals surface area contributed by atoms with Gasteiger partial charge in [-0.2, -0.15) is 0 Å². The van der Waals surface area contributed by atoms with Crippen LogP contribution in [0, 0.1) is 0 Å². The second kappa shape index (κ2) is 4.99. The quantitative estimate of drug-likeness (QED) is 0.683. The molecule has 4 N–H and O–H groups in total. The van der Waals surface area contributed by atoms with Gasteiger partial charge < -0.3 is 16.4 Å². The van der Waals surface area contributed by atoms with Gasteiger partial charge >= 0.3 is 0 Å². The first-order chi connectivity index (χ1) is 7.77. The molecule has 0 fully saturated rings. The van der Waals surface area contributed by atoms with Crippen molar-refractivity contribution in [1.82, 2.24) is 5.32 Å². The van der Waals surface area contributed by atoms with E-state index in [1.54, 1.807) is 0 Å². The molecule has 0 spiro atoms. The van der Waals surface area contributed by atoms with Gasteiger partial charge in [-0.15, -0.1) is 0 Å². The summed E-state index contributed by atoms with van der Waals surface area (Å²) in [7, 11) is 0. The fourth-order valence-corrected chi connectivity index (χ4v) is 2.07. The van der Waals surface area contributed by atoms with Gasteiger partial charge in [0.25, 0.3) is 0 Å². The van der Waals surface area contributed by atoms with Crippen LogP contribution in [0.25, 0.3) is 0 Å². The van der Waals surface area contributed by atoms with Gasteiger partial charge in [0.15, 0.2) is 0 Å². The number of nitrogens with one attached hydrogen (secondary N) is 2. The topological polar surface area (TPSA) is 67.2 Å². The number of carbonyl (C=O) groups excluding carboxylic acids is 1. The number of benzene rings is 1. The third-order valence-corrected chi connectivity index (χ3v) is 2.85. The number of anilines is 1. The molecule has 1 aliphatic heterocycles. The normalized spacial score (nSPS) is 15.0. The van der Waals surface area contributed by atoms with Crippen molar-refractivity contribution in [1.29, 1.82) is 0 Å². The Morgan fingerprint density at radius 2 is 2.19 bits per heavy atom. The SMILES string of the molecule is NC(=O)CNc1cccc2c1CCNCC2. The molecule has 0 radical (unpaired) electrons. The van der Waals surface area contributed by atoms with E-state index in [1.165, 1.54) is 11.1 Å². The molecule has 1 aromatic carbocycles. The Morgan fingerprint density at radius 1 is 1.38 bits per heavy atom. The van der Waals surface area contributed by atoms with E-state index in [0.717, 1.165) is 31.6 Å². The van der Waals surface area contributed by atoms with Gasteiger partial charge in [0.2, 0.25) is 5.91 Å². The number of carbonyl (C=O) groups is 1. The Balaban J connectivity index is 2.20. The summed E-state index contributed by atoms with van der Waals surface area (Å²) in [4.78, 5) is 10.8. The van der Waals surface area contributed by atoms with Crippen molar-refractivity contribution in [3.05, 3.63) is 29.3 Å². The van der Waals surface area contributed by atoms with Crippen LogP contribution in [0.3, 0.4) is 0 Å². The van der Waals surface area contributed by atoms with Gasteiger partial charge in [0.05, 0.1) is 6.54 Å². The molecule has 16 heavy (non-hydrogen) atoms. The number of amides is 1. The molecular weight excluding hydrogens is 202 g/mol. The second-order valence-corrected chi connectivity index (χ2v) is 4.01. The number of rotatable bonds is 3. The van der Waals surface area contributed by atoms with E-state index in [2.05, 4.69) is 16.7 Å². The van der Waals surface area contributed by atoms with Gasteiger partial charge in [0, 0.05) is 5.69 Å². The third kappa shape index (κ3) is 2.52. The molecular formula is C12H17N3O. The third-order valence-electron chi connectivity index (χ3n) is 2.85. The monoisotopic (exact) mass is 219 g/mol. The van der Waals surface area contributed by atoms with E-state index in [-0.39, 0.29) is 12.5 Å². The smallest absolute Gasteiger partial charge is 0.236 e. The number of fused-ring (bicyclic) bond motifs is 1. The van der Waals surface area contributed by atoms with Gasteiger partial charge in [-0.05, 0) is 43.1 Å². The second-order valence-electron chi connectivity index (χ2n) is 4.01. The Bertz CT molecular complexity index is 390. The highest BCUT2D eigenvalue weighted by Crippen LogP contribution is 2.22. The van der Waals surface area contributed by atoms with Crippen LogP contribution in [0.5, 0.6) is 0 Å². The summed E-state index contributed by atoms with van der Waals surface area (Å²) in [5.74, 6) is -0.329. The molecule has 1 aromatic rings. The molecule has 0 atom stereocenters. The van der Waals surface area contributed by atoms with E-state index < -0.39 is 0 Å². The minimum Gasteiger partial charge on any atom is -0.376 e. The maximum Gasteiger partial charge on any atom is 0.236 e. The predicted octanol–water partition coefficient (Wildman–Crippen LogP) is 0.272. The van der Waals surface area contributed by atoms with Crippen molar-refractivity contribution in [2.75, 3.05) is 25.0 Å². The maximum absolute atomic E-state index is 10.8. The summed E-state index contributed by atoms with van der Waals surface area (Å²) in [5.41, 5.74) is 8.85. The highest BCUT2D eigenvalue weighted by Gasteiger charge is 2.11. The molecule has 0 saturated carbocycles. The molecule has 0 saturated heterocycles. The van der Waals surface area contributed by atoms with Gasteiger partial charge in [-0.3, -0.25) is 4.79 Å². The minimum absolute atomic E-state index is 0.198. The summed E-state index contributed by atoms with van der Waals surface area (Å²) in [6, 6.07) is 6.18. The van der Waals surface area contributed by atoms with Crippen molar-refractivity contribution in [2.24, 2.45) is 5.73 Å². The first-order valence-electron chi connectivity index (χ1n) is 5.61. The minimum atomic E-state index is -0.329. The molecule has 1 amide bonds. The lowest BCUT2D eigenvalue weighted by molar-refractivity contribution is -0.116. The summed E-state index contributed by atoms with van der Waals surface area (Å²) >= 11 is 0. The highest BCUT2D eigenvalue weighted by molar-refractivity contribution is 5.79. The summed E-state index contributed by atoms with van der Waals surface area (Å²) in [6.45, 7) is 2.21. The predicted molar refractivity (Wildman–Crippen MR) is 64.4 cm³/mol. The van der Waals surface area contributed by atoms with Crippen molar-refractivity contribution < 1.29 is 4.79 Å². The van der Waals surface area contributed by atoms with Crippen molar-refractivity contribution >= 4 is 11.6 Å². The lowest BCUT2D eigenvalue weighted by Crippen LogP contribution is -2.22. The molecule has 2 rings (SSSR count). The van der Waals surface area contributed by atoms with E-state index in [9.17, 15) is 4.79 Å². The standard InChI is InChI=1S/C12H17N3O/c13-12(16)8-15-11-3-1-2-9-4-6-14-7-5-10(9)11/h1-3,14-15H,4-8H2,(H2,13,16). The van der Waals surface area contributed by atoms with Crippen molar-refractivity contribution in [3.8, 4) is 0 Å². The first-order valence-corrected chi connectivity index (χ1v) is 5.61. The van der Waals surface area contributed by atoms with Crippen LogP contribution in [-0.2, 0) is 17.6 Å². The van der Waals surface area contributed by atoms with Crippen LogP contribution in [0.4, 0.5) is 5.69 Å². The maximum atomic E-state index is 10.8. The average Bonchev–Trinajstić information content (AvgIpc) is 2.51. The van der Waals surface area contributed by atoms with E-state index in [0.29, 0.717) is 0 Å². The van der Waals surface area contributed by atoms with Crippen molar-refractivity contribution in [2.45, 2.75) is 12.8 Å². The number of nitrogens with two attached hydrogens (primary N) is 1. The molecule has 0 bridgehead atoms. The average molecular weight is 219 g/mol. The zero-order valence-electron chi connectivity index (χ0n) is 9.25. The Labute approximate surface area is 95.2 Å². The number of primary amides is 1. The van der Waals surface area contributed by atoms with E-state index in [4.69, 9.17) is 5.73 Å². The molecule has 86 valence electrons.